The van der Waals surface area contributed by atoms with E-state index in [4.69, 9.17) is 47.5 Å². The molecule has 0 bridgehead atoms. The van der Waals surface area contributed by atoms with Crippen LogP contribution < -0.4 is 31.4 Å². The second-order valence-corrected chi connectivity index (χ2v) is 21.0. The van der Waals surface area contributed by atoms with Gasteiger partial charge < -0.3 is 42.2 Å². The first kappa shape index (κ1) is 64.2. The van der Waals surface area contributed by atoms with Crippen LogP contribution in [0.2, 0.25) is 0 Å². The first-order chi connectivity index (χ1) is 41.2. The molecular weight excluding hydrogens is 1110 g/mol. The van der Waals surface area contributed by atoms with Crippen molar-refractivity contribution in [2.45, 2.75) is 82.8 Å². The Morgan fingerprint density at radius 3 is 1.82 bits per heavy atom. The van der Waals surface area contributed by atoms with E-state index in [2.05, 4.69) is 32.5 Å². The molecule has 446 valence electrons. The van der Waals surface area contributed by atoms with Crippen LogP contribution in [0.5, 0.6) is 11.5 Å². The maximum absolute atomic E-state index is 14.3. The molecule has 5 aromatic carbocycles. The monoisotopic (exact) mass is 1180 g/mol. The van der Waals surface area contributed by atoms with Gasteiger partial charge in [0.05, 0.1) is 59.6 Å². The van der Waals surface area contributed by atoms with Crippen LogP contribution in [0.25, 0.3) is 0 Å². The number of esters is 1. The van der Waals surface area contributed by atoms with E-state index < -0.39 is 67.7 Å². The van der Waals surface area contributed by atoms with Gasteiger partial charge in [0.25, 0.3) is 25.9 Å². The molecular formula is C63H70N7O14P. The summed E-state index contributed by atoms with van der Waals surface area (Å²) < 4.78 is 60.0. The summed E-state index contributed by atoms with van der Waals surface area (Å²) in [6.45, 7) is 7.26. The summed E-state index contributed by atoms with van der Waals surface area (Å²) in [5.74, 6) is 4.99. The Hall–Kier alpha value is -8.34. The Balaban J connectivity index is 1.32. The number of nitrogens with one attached hydrogen (secondary N) is 3. The Morgan fingerprint density at radius 2 is 1.29 bits per heavy atom. The van der Waals surface area contributed by atoms with E-state index in [9.17, 15) is 24.0 Å². The van der Waals surface area contributed by atoms with Gasteiger partial charge in [-0.1, -0.05) is 103 Å². The lowest BCUT2D eigenvalue weighted by molar-refractivity contribution is -0.144. The Kier molecular flexibility index (Phi) is 24.2. The van der Waals surface area contributed by atoms with Crippen LogP contribution in [0.1, 0.15) is 89.7 Å². The number of carbonyl (C=O) groups excluding carboxylic acids is 3. The minimum atomic E-state index is -2.11. The first-order valence-electron chi connectivity index (χ1n) is 27.5. The van der Waals surface area contributed by atoms with Gasteiger partial charge in [0.15, 0.2) is 6.23 Å². The SMILES string of the molecule is COCCO[C@@H]1[C@H](OP(OCCC(=O)OCCC#N)N(C(C)C)C(C)C)[C@@H](COC(c2ccccc2)(c2ccc(OC)cc2)c2ccc(OC)cc2)O[C@H]1n1cc(C#CCN=C(NC(=O)c2ccccc2)NC(=O)c2ccccc2)c(=O)[nH]c1=O. The van der Waals surface area contributed by atoms with Crippen LogP contribution in [-0.4, -0.2) is 129 Å². The lowest BCUT2D eigenvalue weighted by atomic mass is 9.80. The predicted octanol–water partition coefficient (Wildman–Crippen LogP) is 7.65. The number of aromatic nitrogens is 2. The molecule has 0 spiro atoms. The van der Waals surface area contributed by atoms with Gasteiger partial charge in [-0.05, 0) is 92.9 Å². The molecule has 7 rings (SSSR count). The summed E-state index contributed by atoms with van der Waals surface area (Å²) in [7, 11) is 2.57. The molecule has 6 aromatic rings. The van der Waals surface area contributed by atoms with Gasteiger partial charge in [0.1, 0.15) is 54.1 Å². The van der Waals surface area contributed by atoms with Crippen LogP contribution >= 0.6 is 8.53 Å². The van der Waals surface area contributed by atoms with Crippen molar-refractivity contribution >= 4 is 32.3 Å². The third kappa shape index (κ3) is 17.2. The number of aromatic amines is 1. The van der Waals surface area contributed by atoms with E-state index in [1.54, 1.807) is 74.9 Å². The van der Waals surface area contributed by atoms with Crippen molar-refractivity contribution in [2.24, 2.45) is 4.99 Å². The third-order valence-electron chi connectivity index (χ3n) is 13.3. The van der Waals surface area contributed by atoms with E-state index in [1.807, 2.05) is 117 Å². The molecule has 85 heavy (non-hydrogen) atoms. The number of hydrogen-bond acceptors (Lipinski definition) is 17. The molecule has 1 fully saturated rings. The maximum atomic E-state index is 14.3. The highest BCUT2D eigenvalue weighted by Gasteiger charge is 2.52. The zero-order valence-electron chi connectivity index (χ0n) is 48.4. The standard InChI is InChI=1S/C63H70N7O14P/c1-43(2)70(44(3)4)85(82-38-34-54(71)79-37-18-35-64)84-55-53(42-81-63(48-24-15-10-16-25-48,49-26-30-51(77-6)31-27-49)50-28-32-52(78-7)33-29-50)83-60(56(55)80-40-39-76-5)69-41-47(59(74)68-62(69)75)23-17-36-65-61(66-57(72)45-19-11-8-12-20-45)67-58(73)46-21-13-9-14-22-46/h8-16,19-22,24-33,41,43-44,53,55-56,60H,18,34,36-40,42H2,1-7H3,(H,68,74,75)(H2,65,66,67,72,73)/t53-,55-,56-,60-,85?/m1/s1. The van der Waals surface area contributed by atoms with Gasteiger partial charge in [0.2, 0.25) is 5.96 Å². The summed E-state index contributed by atoms with van der Waals surface area (Å²) in [6.07, 6.45) is -3.61. The minimum Gasteiger partial charge on any atom is -0.497 e. The van der Waals surface area contributed by atoms with E-state index in [-0.39, 0.29) is 76.0 Å². The van der Waals surface area contributed by atoms with Gasteiger partial charge in [0, 0.05) is 36.5 Å². The number of aliphatic imine (C=N–C) groups is 1. The molecule has 1 saturated heterocycles. The van der Waals surface area contributed by atoms with Gasteiger partial charge in [-0.15, -0.1) is 0 Å². The van der Waals surface area contributed by atoms with E-state index in [0.717, 1.165) is 21.3 Å². The largest absolute Gasteiger partial charge is 0.497 e. The van der Waals surface area contributed by atoms with Gasteiger partial charge in [-0.3, -0.25) is 39.4 Å². The van der Waals surface area contributed by atoms with E-state index >= 15 is 0 Å². The van der Waals surface area contributed by atoms with Crippen molar-refractivity contribution in [1.29, 1.82) is 5.26 Å². The molecule has 0 aliphatic carbocycles. The molecule has 2 heterocycles. The van der Waals surface area contributed by atoms with Crippen LogP contribution in [-0.2, 0) is 43.1 Å². The van der Waals surface area contributed by atoms with Crippen LogP contribution in [0.3, 0.4) is 0 Å². The molecule has 2 amide bonds. The van der Waals surface area contributed by atoms with Gasteiger partial charge >= 0.3 is 11.7 Å². The summed E-state index contributed by atoms with van der Waals surface area (Å²) in [6, 6.07) is 42.9. The Morgan fingerprint density at radius 1 is 0.741 bits per heavy atom. The summed E-state index contributed by atoms with van der Waals surface area (Å²) in [5, 5.41) is 14.3. The average Bonchev–Trinajstić information content (AvgIpc) is 2.15. The molecule has 3 N–H and O–H groups in total. The number of H-pyrrole nitrogens is 1. The average molecular weight is 1180 g/mol. The molecule has 1 unspecified atom stereocenters. The molecule has 1 aliphatic heterocycles. The number of nitriles is 1. The highest BCUT2D eigenvalue weighted by atomic mass is 31.2. The van der Waals surface area contributed by atoms with Crippen molar-refractivity contribution in [2.75, 3.05) is 60.9 Å². The topological polar surface area (TPSA) is 253 Å². The first-order valence-corrected chi connectivity index (χ1v) is 28.6. The molecule has 21 nitrogen and oxygen atoms in total. The molecule has 0 saturated carbocycles. The number of nitrogens with zero attached hydrogens (tertiary/aromatic N) is 4. The Labute approximate surface area is 495 Å². The van der Waals surface area contributed by atoms with Crippen LogP contribution in [0.15, 0.2) is 160 Å². The Bertz CT molecular complexity index is 3270. The number of rotatable bonds is 27. The van der Waals surface area contributed by atoms with E-state index in [0.29, 0.717) is 22.6 Å². The number of methoxy groups -OCH3 is 3. The zero-order chi connectivity index (χ0) is 60.7. The second-order valence-electron chi connectivity index (χ2n) is 19.6. The fourth-order valence-electron chi connectivity index (χ4n) is 9.30. The van der Waals surface area contributed by atoms with Crippen LogP contribution in [0, 0.1) is 23.2 Å². The molecule has 0 radical (unpaired) electrons. The van der Waals surface area contributed by atoms with Crippen molar-refractivity contribution in [3.05, 3.63) is 200 Å². The second kappa shape index (κ2) is 32.1. The molecule has 1 aliphatic rings. The minimum absolute atomic E-state index is 0.0156. The lowest BCUT2D eigenvalue weighted by Crippen LogP contribution is -2.44. The molecule has 5 atom stereocenters. The molecule has 22 heteroatoms. The summed E-state index contributed by atoms with van der Waals surface area (Å²) in [4.78, 5) is 74.2. The number of benzene rings is 5. The fraction of sp³-hybridized carbons (Fsp3) is 0.349. The summed E-state index contributed by atoms with van der Waals surface area (Å²) >= 11 is 0. The quantitative estimate of drug-likeness (QED) is 0.00851. The van der Waals surface area contributed by atoms with Crippen molar-refractivity contribution < 1.29 is 56.6 Å². The highest BCUT2D eigenvalue weighted by molar-refractivity contribution is 7.44. The fourth-order valence-corrected chi connectivity index (χ4v) is 11.1. The normalized spacial score (nSPS) is 16.0. The smallest absolute Gasteiger partial charge is 0.330 e. The number of amides is 2. The van der Waals surface area contributed by atoms with Crippen LogP contribution in [0.4, 0.5) is 0 Å². The zero-order valence-corrected chi connectivity index (χ0v) is 49.3. The van der Waals surface area contributed by atoms with Crippen molar-refractivity contribution in [3.8, 4) is 29.4 Å². The predicted molar refractivity (Wildman–Crippen MR) is 318 cm³/mol. The van der Waals surface area contributed by atoms with Crippen molar-refractivity contribution in [1.82, 2.24) is 24.9 Å². The summed E-state index contributed by atoms with van der Waals surface area (Å²) in [5.41, 5.74) is -0.429. The third-order valence-corrected chi connectivity index (χ3v) is 15.4. The number of hydrogen-bond donors (Lipinski definition) is 3. The molecule has 1 aromatic heterocycles. The number of ether oxygens (including phenoxy) is 7. The highest BCUT2D eigenvalue weighted by Crippen LogP contribution is 2.51. The maximum Gasteiger partial charge on any atom is 0.330 e. The lowest BCUT2D eigenvalue weighted by Gasteiger charge is -2.39. The van der Waals surface area contributed by atoms with E-state index in [1.165, 1.54) is 13.3 Å². The van der Waals surface area contributed by atoms with Gasteiger partial charge in [-0.2, -0.15) is 5.26 Å². The number of guanidine groups is 1. The van der Waals surface area contributed by atoms with Crippen molar-refractivity contribution in [3.63, 3.8) is 0 Å². The van der Waals surface area contributed by atoms with Gasteiger partial charge in [-0.25, -0.2) is 14.5 Å². The number of carbonyl (C=O) groups is 3.